The Hall–Kier alpha value is -1.97. The molecule has 0 saturated carbocycles. The van der Waals surface area contributed by atoms with Gasteiger partial charge in [0.05, 0.1) is 4.90 Å². The van der Waals surface area contributed by atoms with Crippen molar-refractivity contribution in [2.45, 2.75) is 36.7 Å². The summed E-state index contributed by atoms with van der Waals surface area (Å²) in [5, 5.41) is 11.3. The van der Waals surface area contributed by atoms with Crippen LogP contribution in [-0.4, -0.2) is 54.9 Å². The number of sulfonamides is 1. The molecule has 1 aliphatic heterocycles. The van der Waals surface area contributed by atoms with E-state index < -0.39 is 34.0 Å². The van der Waals surface area contributed by atoms with Crippen LogP contribution in [0.1, 0.15) is 18.4 Å². The summed E-state index contributed by atoms with van der Waals surface area (Å²) in [4.78, 5) is 23.4. The van der Waals surface area contributed by atoms with Crippen molar-refractivity contribution in [3.8, 4) is 0 Å². The van der Waals surface area contributed by atoms with Crippen LogP contribution in [0, 0.1) is 6.92 Å². The topological polar surface area (TPSA) is 130 Å². The molecule has 1 fully saturated rings. The molecule has 1 aromatic rings. The highest BCUT2D eigenvalue weighted by Gasteiger charge is 2.40. The van der Waals surface area contributed by atoms with E-state index in [1.54, 1.807) is 12.1 Å². The van der Waals surface area contributed by atoms with Gasteiger partial charge < -0.3 is 16.2 Å². The van der Waals surface area contributed by atoms with Gasteiger partial charge in [-0.3, -0.25) is 4.79 Å². The number of nitrogens with two attached hydrogens (primary N) is 1. The third-order valence-electron chi connectivity index (χ3n) is 3.98. The van der Waals surface area contributed by atoms with E-state index >= 15 is 0 Å². The molecule has 1 aromatic carbocycles. The monoisotopic (exact) mass is 355 g/mol. The molecule has 1 aliphatic rings. The maximum atomic E-state index is 12.8. The molecule has 0 aliphatic carbocycles. The van der Waals surface area contributed by atoms with Gasteiger partial charge in [0.2, 0.25) is 15.9 Å². The average molecular weight is 355 g/mol. The van der Waals surface area contributed by atoms with Crippen LogP contribution in [0.4, 0.5) is 0 Å². The van der Waals surface area contributed by atoms with Crippen LogP contribution >= 0.6 is 0 Å². The van der Waals surface area contributed by atoms with Gasteiger partial charge in [0, 0.05) is 13.1 Å². The molecule has 8 nitrogen and oxygen atoms in total. The van der Waals surface area contributed by atoms with Gasteiger partial charge in [-0.05, 0) is 31.9 Å². The molecule has 2 rings (SSSR count). The first-order valence-electron chi connectivity index (χ1n) is 7.59. The van der Waals surface area contributed by atoms with Gasteiger partial charge in [0.1, 0.15) is 12.1 Å². The Morgan fingerprint density at radius 3 is 2.54 bits per heavy atom. The Kier molecular flexibility index (Phi) is 5.58. The molecule has 2 atom stereocenters. The van der Waals surface area contributed by atoms with Gasteiger partial charge in [-0.1, -0.05) is 17.7 Å². The minimum atomic E-state index is -3.82. The lowest BCUT2D eigenvalue weighted by Gasteiger charge is -2.24. The van der Waals surface area contributed by atoms with Crippen molar-refractivity contribution in [1.29, 1.82) is 0 Å². The molecule has 0 bridgehead atoms. The number of nitrogens with one attached hydrogen (secondary N) is 1. The molecule has 24 heavy (non-hydrogen) atoms. The minimum absolute atomic E-state index is 0.112. The fraction of sp³-hybridized carbons (Fsp3) is 0.467. The number of hydrogen-bond donors (Lipinski definition) is 3. The van der Waals surface area contributed by atoms with Crippen molar-refractivity contribution in [1.82, 2.24) is 9.62 Å². The summed E-state index contributed by atoms with van der Waals surface area (Å²) in [6.45, 7) is 1.80. The number of aryl methyl sites for hydroxylation is 1. The first-order valence-corrected chi connectivity index (χ1v) is 9.03. The van der Waals surface area contributed by atoms with E-state index in [-0.39, 0.29) is 18.0 Å². The van der Waals surface area contributed by atoms with Crippen LogP contribution in [0.3, 0.4) is 0 Å². The molecule has 9 heteroatoms. The summed E-state index contributed by atoms with van der Waals surface area (Å²) in [6.07, 6.45) is 0.872. The molecule has 4 N–H and O–H groups in total. The van der Waals surface area contributed by atoms with E-state index in [1.807, 2.05) is 6.92 Å². The Morgan fingerprint density at radius 1 is 1.38 bits per heavy atom. The van der Waals surface area contributed by atoms with Crippen molar-refractivity contribution in [2.75, 3.05) is 13.1 Å². The minimum Gasteiger partial charge on any atom is -0.480 e. The lowest BCUT2D eigenvalue weighted by Crippen LogP contribution is -2.53. The Bertz CT molecular complexity index is 717. The second-order valence-corrected chi connectivity index (χ2v) is 7.61. The first kappa shape index (κ1) is 18.4. The maximum Gasteiger partial charge on any atom is 0.327 e. The number of nitrogens with zero attached hydrogens (tertiary/aromatic N) is 1. The van der Waals surface area contributed by atoms with Crippen LogP contribution in [0.2, 0.25) is 0 Å². The van der Waals surface area contributed by atoms with E-state index in [2.05, 4.69) is 5.32 Å². The highest BCUT2D eigenvalue weighted by Crippen LogP contribution is 2.26. The normalized spacial score (nSPS) is 19.8. The van der Waals surface area contributed by atoms with Gasteiger partial charge >= 0.3 is 5.97 Å². The van der Waals surface area contributed by atoms with Crippen LogP contribution < -0.4 is 11.1 Å². The van der Waals surface area contributed by atoms with Crippen molar-refractivity contribution in [3.63, 3.8) is 0 Å². The molecular formula is C15H21N3O5S. The second-order valence-electron chi connectivity index (χ2n) is 5.72. The van der Waals surface area contributed by atoms with Crippen molar-refractivity contribution >= 4 is 21.9 Å². The summed E-state index contributed by atoms with van der Waals surface area (Å²) >= 11 is 0. The predicted molar refractivity (Wildman–Crippen MR) is 86.7 cm³/mol. The van der Waals surface area contributed by atoms with E-state index in [1.165, 1.54) is 12.1 Å². The summed E-state index contributed by atoms with van der Waals surface area (Å²) in [5.74, 6) is -1.89. The number of amides is 1. The smallest absolute Gasteiger partial charge is 0.327 e. The van der Waals surface area contributed by atoms with Crippen LogP contribution in [0.15, 0.2) is 29.2 Å². The Morgan fingerprint density at radius 2 is 2.00 bits per heavy atom. The number of rotatable bonds is 6. The van der Waals surface area contributed by atoms with Crippen molar-refractivity contribution in [2.24, 2.45) is 5.73 Å². The summed E-state index contributed by atoms with van der Waals surface area (Å²) < 4.78 is 26.6. The molecule has 1 heterocycles. The largest absolute Gasteiger partial charge is 0.480 e. The highest BCUT2D eigenvalue weighted by atomic mass is 32.2. The van der Waals surface area contributed by atoms with Crippen LogP contribution in [0.5, 0.6) is 0 Å². The zero-order valence-corrected chi connectivity index (χ0v) is 14.1. The van der Waals surface area contributed by atoms with Crippen molar-refractivity contribution < 1.29 is 23.1 Å². The highest BCUT2D eigenvalue weighted by molar-refractivity contribution is 7.89. The number of carboxylic acid groups (broad SMARTS) is 1. The van der Waals surface area contributed by atoms with Gasteiger partial charge in [-0.15, -0.1) is 0 Å². The van der Waals surface area contributed by atoms with Gasteiger partial charge in [-0.25, -0.2) is 13.2 Å². The molecular weight excluding hydrogens is 334 g/mol. The van der Waals surface area contributed by atoms with Crippen molar-refractivity contribution in [3.05, 3.63) is 29.8 Å². The zero-order valence-electron chi connectivity index (χ0n) is 13.3. The Labute approximate surface area is 140 Å². The molecule has 0 spiro atoms. The summed E-state index contributed by atoms with van der Waals surface area (Å²) in [5.41, 5.74) is 6.25. The van der Waals surface area contributed by atoms with E-state index in [0.29, 0.717) is 12.8 Å². The molecule has 1 saturated heterocycles. The van der Waals surface area contributed by atoms with Crippen LogP contribution in [-0.2, 0) is 19.6 Å². The number of carbonyl (C=O) groups is 2. The summed E-state index contributed by atoms with van der Waals surface area (Å²) in [6, 6.07) is 4.21. The number of carboxylic acids is 1. The molecule has 0 radical (unpaired) electrons. The zero-order chi connectivity index (χ0) is 17.9. The predicted octanol–water partition coefficient (Wildman–Crippen LogP) is -0.324. The molecule has 0 aromatic heterocycles. The second kappa shape index (κ2) is 7.29. The molecule has 0 unspecified atom stereocenters. The van der Waals surface area contributed by atoms with Gasteiger partial charge in [0.15, 0.2) is 0 Å². The molecule has 1 amide bonds. The quantitative estimate of drug-likeness (QED) is 0.641. The average Bonchev–Trinajstić information content (AvgIpc) is 3.03. The fourth-order valence-electron chi connectivity index (χ4n) is 2.62. The third kappa shape index (κ3) is 3.74. The maximum absolute atomic E-state index is 12.8. The first-order chi connectivity index (χ1) is 11.3. The lowest BCUT2D eigenvalue weighted by atomic mass is 10.2. The SMILES string of the molecule is Cc1ccc(S(=O)(=O)N2CCC[C@H]2C(=O)N[C@@H](CN)C(=O)O)cc1. The van der Waals surface area contributed by atoms with Gasteiger partial charge in [0.25, 0.3) is 0 Å². The standard InChI is InChI=1S/C15H21N3O5S/c1-10-4-6-11(7-5-10)24(22,23)18-8-2-3-13(18)14(19)17-12(9-16)15(20)21/h4-7,12-13H,2-3,8-9,16H2,1H3,(H,17,19)(H,20,21)/t12-,13-/m0/s1. The van der Waals surface area contributed by atoms with Gasteiger partial charge in [-0.2, -0.15) is 4.31 Å². The number of hydrogen-bond acceptors (Lipinski definition) is 5. The van der Waals surface area contributed by atoms with Crippen LogP contribution in [0.25, 0.3) is 0 Å². The third-order valence-corrected chi connectivity index (χ3v) is 5.91. The number of aliphatic carboxylic acids is 1. The molecule has 132 valence electrons. The number of benzene rings is 1. The number of carbonyl (C=O) groups excluding carboxylic acids is 1. The van der Waals surface area contributed by atoms with E-state index in [4.69, 9.17) is 10.8 Å². The van der Waals surface area contributed by atoms with E-state index in [0.717, 1.165) is 9.87 Å². The summed E-state index contributed by atoms with van der Waals surface area (Å²) in [7, 11) is -3.82. The Balaban J connectivity index is 2.21. The van der Waals surface area contributed by atoms with E-state index in [9.17, 15) is 18.0 Å². The fourth-order valence-corrected chi connectivity index (χ4v) is 4.28. The lowest BCUT2D eigenvalue weighted by molar-refractivity contribution is -0.142.